The second kappa shape index (κ2) is 5.07. The molecule has 0 aliphatic carbocycles. The molecule has 0 bridgehead atoms. The minimum atomic E-state index is -0.343. The standard InChI is InChI=1S/C12H18N2O2/c1-4-5-11(13)10-6-8(2)9(3)12(7-10)14(15)16/h6-7,11H,4-5,13H2,1-3H3. The molecular weight excluding hydrogens is 204 g/mol. The van der Waals surface area contributed by atoms with Crippen molar-refractivity contribution in [1.29, 1.82) is 0 Å². The lowest BCUT2D eigenvalue weighted by molar-refractivity contribution is -0.385. The fourth-order valence-electron chi connectivity index (χ4n) is 1.75. The van der Waals surface area contributed by atoms with Gasteiger partial charge in [0.2, 0.25) is 0 Å². The first kappa shape index (κ1) is 12.6. The highest BCUT2D eigenvalue weighted by molar-refractivity contribution is 5.48. The quantitative estimate of drug-likeness (QED) is 0.628. The van der Waals surface area contributed by atoms with Gasteiger partial charge in [0.05, 0.1) is 4.92 Å². The summed E-state index contributed by atoms with van der Waals surface area (Å²) in [7, 11) is 0. The number of nitrogens with two attached hydrogens (primary N) is 1. The average Bonchev–Trinajstić information content (AvgIpc) is 2.21. The SMILES string of the molecule is CCCC(N)c1cc(C)c(C)c([N+](=O)[O-])c1. The molecule has 1 unspecified atom stereocenters. The topological polar surface area (TPSA) is 69.2 Å². The van der Waals surface area contributed by atoms with Gasteiger partial charge in [0.1, 0.15) is 0 Å². The first-order valence-electron chi connectivity index (χ1n) is 5.48. The highest BCUT2D eigenvalue weighted by Crippen LogP contribution is 2.27. The predicted molar refractivity (Wildman–Crippen MR) is 64.4 cm³/mol. The number of nitrogens with zero attached hydrogens (tertiary/aromatic N) is 1. The van der Waals surface area contributed by atoms with Crippen molar-refractivity contribution < 1.29 is 4.92 Å². The Morgan fingerprint density at radius 3 is 2.56 bits per heavy atom. The fourth-order valence-corrected chi connectivity index (χ4v) is 1.75. The van der Waals surface area contributed by atoms with Gasteiger partial charge in [0, 0.05) is 17.7 Å². The van der Waals surface area contributed by atoms with Gasteiger partial charge in [-0.1, -0.05) is 19.4 Å². The van der Waals surface area contributed by atoms with Crippen LogP contribution in [-0.4, -0.2) is 4.92 Å². The van der Waals surface area contributed by atoms with Gasteiger partial charge in [-0.3, -0.25) is 10.1 Å². The fraction of sp³-hybridized carbons (Fsp3) is 0.500. The van der Waals surface area contributed by atoms with Crippen molar-refractivity contribution in [2.75, 3.05) is 0 Å². The molecule has 0 saturated heterocycles. The lowest BCUT2D eigenvalue weighted by atomic mass is 9.97. The molecule has 0 radical (unpaired) electrons. The number of benzene rings is 1. The minimum absolute atomic E-state index is 0.108. The zero-order valence-electron chi connectivity index (χ0n) is 9.99. The van der Waals surface area contributed by atoms with Crippen LogP contribution in [-0.2, 0) is 0 Å². The van der Waals surface area contributed by atoms with Crippen molar-refractivity contribution in [3.05, 3.63) is 38.9 Å². The number of rotatable bonds is 4. The molecule has 1 aromatic rings. The average molecular weight is 222 g/mol. The zero-order valence-corrected chi connectivity index (χ0v) is 9.99. The van der Waals surface area contributed by atoms with Gasteiger partial charge in [-0.15, -0.1) is 0 Å². The molecule has 1 atom stereocenters. The van der Waals surface area contributed by atoms with Crippen molar-refractivity contribution in [3.8, 4) is 0 Å². The van der Waals surface area contributed by atoms with E-state index in [1.807, 2.05) is 13.0 Å². The minimum Gasteiger partial charge on any atom is -0.324 e. The molecule has 2 N–H and O–H groups in total. The van der Waals surface area contributed by atoms with E-state index < -0.39 is 0 Å². The summed E-state index contributed by atoms with van der Waals surface area (Å²) >= 11 is 0. The third kappa shape index (κ3) is 2.58. The Morgan fingerprint density at radius 2 is 2.06 bits per heavy atom. The van der Waals surface area contributed by atoms with Crippen LogP contribution in [0.5, 0.6) is 0 Å². The molecule has 0 saturated carbocycles. The molecule has 0 spiro atoms. The molecule has 1 aromatic carbocycles. The Balaban J connectivity index is 3.18. The monoisotopic (exact) mass is 222 g/mol. The van der Waals surface area contributed by atoms with E-state index in [2.05, 4.69) is 6.92 Å². The Hall–Kier alpha value is -1.42. The summed E-state index contributed by atoms with van der Waals surface area (Å²) in [5, 5.41) is 10.9. The summed E-state index contributed by atoms with van der Waals surface area (Å²) in [6, 6.07) is 3.44. The van der Waals surface area contributed by atoms with E-state index in [4.69, 9.17) is 5.73 Å². The molecule has 4 nitrogen and oxygen atoms in total. The molecular formula is C12H18N2O2. The zero-order chi connectivity index (χ0) is 12.3. The van der Waals surface area contributed by atoms with E-state index in [-0.39, 0.29) is 16.7 Å². The van der Waals surface area contributed by atoms with Gasteiger partial charge in [0.15, 0.2) is 0 Å². The van der Waals surface area contributed by atoms with E-state index in [1.54, 1.807) is 13.0 Å². The normalized spacial score (nSPS) is 12.5. The summed E-state index contributed by atoms with van der Waals surface area (Å²) in [6.07, 6.45) is 1.82. The summed E-state index contributed by atoms with van der Waals surface area (Å²) in [6.45, 7) is 5.70. The third-order valence-corrected chi connectivity index (χ3v) is 2.89. The molecule has 4 heteroatoms. The van der Waals surface area contributed by atoms with E-state index in [0.717, 1.165) is 29.5 Å². The van der Waals surface area contributed by atoms with E-state index in [1.165, 1.54) is 0 Å². The van der Waals surface area contributed by atoms with Gasteiger partial charge in [-0.05, 0) is 31.4 Å². The van der Waals surface area contributed by atoms with Gasteiger partial charge in [0.25, 0.3) is 5.69 Å². The van der Waals surface area contributed by atoms with Crippen molar-refractivity contribution in [3.63, 3.8) is 0 Å². The summed E-state index contributed by atoms with van der Waals surface area (Å²) in [4.78, 5) is 10.5. The van der Waals surface area contributed by atoms with E-state index in [9.17, 15) is 10.1 Å². The maximum absolute atomic E-state index is 10.9. The Morgan fingerprint density at radius 1 is 1.44 bits per heavy atom. The number of aryl methyl sites for hydroxylation is 1. The summed E-state index contributed by atoms with van der Waals surface area (Å²) in [5.74, 6) is 0. The maximum Gasteiger partial charge on any atom is 0.272 e. The summed E-state index contributed by atoms with van der Waals surface area (Å²) < 4.78 is 0. The largest absolute Gasteiger partial charge is 0.324 e. The Kier molecular flexibility index (Phi) is 4.01. The van der Waals surface area contributed by atoms with Crippen LogP contribution in [0.3, 0.4) is 0 Å². The van der Waals surface area contributed by atoms with Crippen LogP contribution in [0.2, 0.25) is 0 Å². The molecule has 1 rings (SSSR count). The third-order valence-electron chi connectivity index (χ3n) is 2.89. The summed E-state index contributed by atoms with van der Waals surface area (Å²) in [5.41, 5.74) is 8.64. The molecule has 0 aromatic heterocycles. The van der Waals surface area contributed by atoms with Crippen molar-refractivity contribution in [1.82, 2.24) is 0 Å². The van der Waals surface area contributed by atoms with E-state index in [0.29, 0.717) is 0 Å². The lowest BCUT2D eigenvalue weighted by Crippen LogP contribution is -2.11. The molecule has 0 aliphatic rings. The van der Waals surface area contributed by atoms with Crippen LogP contribution in [0.15, 0.2) is 12.1 Å². The second-order valence-electron chi connectivity index (χ2n) is 4.13. The van der Waals surface area contributed by atoms with Gasteiger partial charge >= 0.3 is 0 Å². The van der Waals surface area contributed by atoms with Crippen LogP contribution < -0.4 is 5.73 Å². The number of nitro groups is 1. The van der Waals surface area contributed by atoms with Crippen molar-refractivity contribution in [2.45, 2.75) is 39.7 Å². The smallest absolute Gasteiger partial charge is 0.272 e. The maximum atomic E-state index is 10.9. The van der Waals surface area contributed by atoms with Crippen LogP contribution in [0.1, 0.15) is 42.5 Å². The predicted octanol–water partition coefficient (Wildman–Crippen LogP) is 3.01. The number of hydrogen-bond donors (Lipinski definition) is 1. The van der Waals surface area contributed by atoms with Gasteiger partial charge in [-0.2, -0.15) is 0 Å². The molecule has 88 valence electrons. The van der Waals surface area contributed by atoms with Gasteiger partial charge in [-0.25, -0.2) is 0 Å². The Labute approximate surface area is 95.6 Å². The number of nitro benzene ring substituents is 1. The van der Waals surface area contributed by atoms with Crippen LogP contribution in [0.4, 0.5) is 5.69 Å². The van der Waals surface area contributed by atoms with E-state index >= 15 is 0 Å². The van der Waals surface area contributed by atoms with Gasteiger partial charge < -0.3 is 5.73 Å². The molecule has 0 fully saturated rings. The van der Waals surface area contributed by atoms with Crippen molar-refractivity contribution in [2.24, 2.45) is 5.73 Å². The Bertz CT molecular complexity index is 402. The highest BCUT2D eigenvalue weighted by Gasteiger charge is 2.16. The van der Waals surface area contributed by atoms with Crippen molar-refractivity contribution >= 4 is 5.69 Å². The lowest BCUT2D eigenvalue weighted by Gasteiger charge is -2.12. The number of hydrogen-bond acceptors (Lipinski definition) is 3. The first-order valence-corrected chi connectivity index (χ1v) is 5.48. The second-order valence-corrected chi connectivity index (χ2v) is 4.13. The molecule has 16 heavy (non-hydrogen) atoms. The molecule has 0 amide bonds. The van der Waals surface area contributed by atoms with Crippen LogP contribution in [0.25, 0.3) is 0 Å². The molecule has 0 heterocycles. The van der Waals surface area contributed by atoms with Crippen LogP contribution in [0, 0.1) is 24.0 Å². The first-order chi connectivity index (χ1) is 7.47. The highest BCUT2D eigenvalue weighted by atomic mass is 16.6. The molecule has 0 aliphatic heterocycles. The van der Waals surface area contributed by atoms with Crippen LogP contribution >= 0.6 is 0 Å².